The molecule has 0 N–H and O–H groups in total. The monoisotopic (exact) mass is 559 g/mol. The van der Waals surface area contributed by atoms with Crippen LogP contribution in [0.2, 0.25) is 0 Å². The number of likely N-dealkylation sites (N-methyl/N-ethyl adjacent to an activating group) is 1. The first kappa shape index (κ1) is 30.0. The zero-order valence-corrected chi connectivity index (χ0v) is 24.6. The molecule has 0 spiro atoms. The fourth-order valence-electron chi connectivity index (χ4n) is 5.65. The summed E-state index contributed by atoms with van der Waals surface area (Å²) >= 11 is 20.4. The Morgan fingerprint density at radius 3 is 2.00 bits per heavy atom. The Morgan fingerprint density at radius 1 is 0.865 bits per heavy atom. The van der Waals surface area contributed by atoms with Gasteiger partial charge in [-0.1, -0.05) is 153 Å². The molecule has 2 aromatic rings. The second-order valence-corrected chi connectivity index (χ2v) is 12.6. The quantitative estimate of drug-likeness (QED) is 0.138. The van der Waals surface area contributed by atoms with Crippen LogP contribution in [0.4, 0.5) is 0 Å². The van der Waals surface area contributed by atoms with Gasteiger partial charge in [0.1, 0.15) is 0 Å². The van der Waals surface area contributed by atoms with Crippen LogP contribution in [0.5, 0.6) is 0 Å². The van der Waals surface area contributed by atoms with Crippen LogP contribution in [0.1, 0.15) is 74.2 Å². The molecule has 200 valence electrons. The van der Waals surface area contributed by atoms with Crippen LogP contribution in [0.15, 0.2) is 84.0 Å². The molecule has 2 nitrogen and oxygen atoms in total. The van der Waals surface area contributed by atoms with Gasteiger partial charge in [0, 0.05) is 11.1 Å². The van der Waals surface area contributed by atoms with Gasteiger partial charge < -0.3 is 0 Å². The molecular weight excluding hydrogens is 521 g/mol. The van der Waals surface area contributed by atoms with Crippen molar-refractivity contribution in [3.63, 3.8) is 0 Å². The van der Waals surface area contributed by atoms with Crippen LogP contribution in [0, 0.1) is 5.92 Å². The minimum atomic E-state index is -1.66. The lowest BCUT2D eigenvalue weighted by atomic mass is 9.65. The van der Waals surface area contributed by atoms with Crippen molar-refractivity contribution in [2.75, 3.05) is 14.1 Å². The third kappa shape index (κ3) is 7.51. The Labute approximate surface area is 238 Å². The molecule has 0 amide bonds. The number of unbranched alkanes of at least 4 members (excludes halogenated alkanes) is 6. The maximum atomic E-state index is 14.0. The van der Waals surface area contributed by atoms with E-state index in [1.807, 2.05) is 68.7 Å². The fraction of sp³-hybridized carbons (Fsp3) is 0.469. The summed E-state index contributed by atoms with van der Waals surface area (Å²) in [4.78, 5) is 16.1. The predicted octanol–water partition coefficient (Wildman–Crippen LogP) is 9.41. The van der Waals surface area contributed by atoms with Gasteiger partial charge in [-0.3, -0.25) is 9.69 Å². The predicted molar refractivity (Wildman–Crippen MR) is 160 cm³/mol. The lowest BCUT2D eigenvalue weighted by Crippen LogP contribution is -2.59. The number of carbonyl (C=O) groups excluding carboxylic acids is 1. The highest BCUT2D eigenvalue weighted by Gasteiger charge is 2.54. The molecule has 3 rings (SSSR count). The van der Waals surface area contributed by atoms with Gasteiger partial charge in [-0.2, -0.15) is 0 Å². The molecule has 5 heteroatoms. The Balaban J connectivity index is 2.05. The third-order valence-corrected chi connectivity index (χ3v) is 8.11. The Hall–Kier alpha value is -1.58. The molecule has 0 saturated carbocycles. The summed E-state index contributed by atoms with van der Waals surface area (Å²) in [5.41, 5.74) is 2.69. The van der Waals surface area contributed by atoms with Crippen LogP contribution in [-0.2, 0) is 6.42 Å². The van der Waals surface area contributed by atoms with Crippen molar-refractivity contribution < 1.29 is 4.79 Å². The minimum Gasteiger partial charge on any atom is -0.299 e. The highest BCUT2D eigenvalue weighted by Crippen LogP contribution is 2.52. The number of benzene rings is 2. The Bertz CT molecular complexity index is 1060. The normalized spacial score (nSPS) is 20.0. The summed E-state index contributed by atoms with van der Waals surface area (Å²) in [5.74, 6) is -0.475. The van der Waals surface area contributed by atoms with E-state index in [-0.39, 0.29) is 5.78 Å². The Kier molecular flexibility index (Phi) is 11.3. The molecule has 0 radical (unpaired) electrons. The van der Waals surface area contributed by atoms with E-state index in [0.29, 0.717) is 12.0 Å². The van der Waals surface area contributed by atoms with Crippen molar-refractivity contribution in [1.29, 1.82) is 0 Å². The van der Waals surface area contributed by atoms with Crippen LogP contribution < -0.4 is 0 Å². The topological polar surface area (TPSA) is 20.3 Å². The summed E-state index contributed by atoms with van der Waals surface area (Å²) in [7, 11) is 3.99. The highest BCUT2D eigenvalue weighted by molar-refractivity contribution is 6.69. The molecule has 2 unspecified atom stereocenters. The molecule has 37 heavy (non-hydrogen) atoms. The van der Waals surface area contributed by atoms with Gasteiger partial charge in [0.25, 0.3) is 0 Å². The number of halogens is 3. The number of allylic oxidation sites excluding steroid dienone is 2. The lowest BCUT2D eigenvalue weighted by molar-refractivity contribution is 0.0753. The number of rotatable bonds is 13. The molecule has 0 aliphatic heterocycles. The number of carbonyl (C=O) groups is 1. The van der Waals surface area contributed by atoms with E-state index < -0.39 is 15.2 Å². The third-order valence-electron chi connectivity index (χ3n) is 7.55. The van der Waals surface area contributed by atoms with Crippen LogP contribution in [0.3, 0.4) is 0 Å². The molecule has 2 aromatic carbocycles. The lowest BCUT2D eigenvalue weighted by Gasteiger charge is -2.50. The molecule has 0 fully saturated rings. The average Bonchev–Trinajstić information content (AvgIpc) is 2.88. The smallest absolute Gasteiger partial charge is 0.214 e. The van der Waals surface area contributed by atoms with Crippen LogP contribution in [0.25, 0.3) is 0 Å². The van der Waals surface area contributed by atoms with Crippen molar-refractivity contribution in [2.24, 2.45) is 5.92 Å². The molecular formula is C32H40Cl3NO. The molecule has 0 heterocycles. The number of Topliss-reactive ketones (excluding diaryl/α,β-unsaturated/α-hetero) is 1. The highest BCUT2D eigenvalue weighted by atomic mass is 35.6. The number of hydrogen-bond donors (Lipinski definition) is 0. The molecule has 1 aliphatic rings. The van der Waals surface area contributed by atoms with Gasteiger partial charge in [0.2, 0.25) is 3.79 Å². The van der Waals surface area contributed by atoms with E-state index in [0.717, 1.165) is 36.0 Å². The molecule has 0 aromatic heterocycles. The van der Waals surface area contributed by atoms with Gasteiger partial charge in [0.15, 0.2) is 5.78 Å². The van der Waals surface area contributed by atoms with Crippen molar-refractivity contribution in [3.05, 3.63) is 95.1 Å². The SMILES string of the molecule is CCCCCCCCCC1=C(C(Cl)(Cl)Cl)C(Cc2ccccc2)(N(C)C)C(C(=O)c2ccccc2)C=C1. The van der Waals surface area contributed by atoms with Gasteiger partial charge in [-0.15, -0.1) is 0 Å². The zero-order chi connectivity index (χ0) is 26.9. The largest absolute Gasteiger partial charge is 0.299 e. The summed E-state index contributed by atoms with van der Waals surface area (Å²) in [6.45, 7) is 2.24. The first-order chi connectivity index (χ1) is 17.7. The maximum Gasteiger partial charge on any atom is 0.214 e. The van der Waals surface area contributed by atoms with E-state index >= 15 is 0 Å². The van der Waals surface area contributed by atoms with E-state index in [9.17, 15) is 4.79 Å². The number of alkyl halides is 3. The summed E-state index contributed by atoms with van der Waals surface area (Å²) < 4.78 is -1.66. The number of nitrogens with zero attached hydrogens (tertiary/aromatic N) is 1. The van der Waals surface area contributed by atoms with E-state index in [1.165, 1.54) is 32.1 Å². The first-order valence-electron chi connectivity index (χ1n) is 13.5. The van der Waals surface area contributed by atoms with Crippen LogP contribution >= 0.6 is 34.8 Å². The summed E-state index contributed by atoms with van der Waals surface area (Å²) in [5, 5.41) is 0. The molecule has 0 bridgehead atoms. The number of hydrogen-bond acceptors (Lipinski definition) is 2. The van der Waals surface area contributed by atoms with Gasteiger partial charge in [-0.05, 0) is 44.5 Å². The van der Waals surface area contributed by atoms with E-state index in [1.54, 1.807) is 0 Å². The molecule has 1 aliphatic carbocycles. The van der Waals surface area contributed by atoms with Crippen molar-refractivity contribution in [2.45, 2.75) is 74.0 Å². The Morgan fingerprint density at radius 2 is 1.43 bits per heavy atom. The van der Waals surface area contributed by atoms with Gasteiger partial charge >= 0.3 is 0 Å². The standard InChI is InChI=1S/C32H40Cl3NO/c1-4-5-6-7-8-9-14-21-27-22-23-28(29(37)26-19-15-11-16-20-26)31(36(2)3,30(27)32(33,34)35)24-25-17-12-10-13-18-25/h10-13,15-20,22-23,28H,4-9,14,21,24H2,1-3H3. The zero-order valence-electron chi connectivity index (χ0n) is 22.4. The van der Waals surface area contributed by atoms with E-state index in [4.69, 9.17) is 34.8 Å². The number of ketones is 1. The fourth-order valence-corrected chi connectivity index (χ4v) is 6.50. The summed E-state index contributed by atoms with van der Waals surface area (Å²) in [6.07, 6.45) is 14.0. The van der Waals surface area contributed by atoms with Gasteiger partial charge in [0.05, 0.1) is 11.5 Å². The summed E-state index contributed by atoms with van der Waals surface area (Å²) in [6, 6.07) is 19.6. The van der Waals surface area contributed by atoms with Gasteiger partial charge in [-0.25, -0.2) is 0 Å². The van der Waals surface area contributed by atoms with Crippen molar-refractivity contribution in [3.8, 4) is 0 Å². The minimum absolute atomic E-state index is 0.0307. The first-order valence-corrected chi connectivity index (χ1v) is 14.6. The van der Waals surface area contributed by atoms with Crippen molar-refractivity contribution >= 4 is 40.6 Å². The second kappa shape index (κ2) is 14.0. The average molecular weight is 561 g/mol. The van der Waals surface area contributed by atoms with Crippen molar-refractivity contribution in [1.82, 2.24) is 4.90 Å². The molecule has 2 atom stereocenters. The second-order valence-electron chi connectivity index (χ2n) is 10.3. The molecule has 0 saturated heterocycles. The van der Waals surface area contributed by atoms with E-state index in [2.05, 4.69) is 30.0 Å². The van der Waals surface area contributed by atoms with Crippen LogP contribution in [-0.4, -0.2) is 34.1 Å². The maximum absolute atomic E-state index is 14.0.